The van der Waals surface area contributed by atoms with Crippen molar-refractivity contribution in [2.24, 2.45) is 29.6 Å². The normalized spacial score (nSPS) is 14.9. The van der Waals surface area contributed by atoms with E-state index in [9.17, 15) is 24.8 Å². The van der Waals surface area contributed by atoms with Crippen molar-refractivity contribution < 1.29 is 47.9 Å². The van der Waals surface area contributed by atoms with Crippen LogP contribution >= 0.6 is 0 Å². The molecule has 0 aromatic heterocycles. The molecule has 6 unspecified atom stereocenters. The van der Waals surface area contributed by atoms with Gasteiger partial charge in [0.2, 0.25) is 0 Å². The topological polar surface area (TPSA) is 151 Å². The van der Waals surface area contributed by atoms with Crippen molar-refractivity contribution in [2.75, 3.05) is 66.6 Å². The number of carbonyl (C=O) groups is 3. The van der Waals surface area contributed by atoms with Crippen LogP contribution in [0.4, 0.5) is 0 Å². The molecule has 284 valence electrons. The maximum atomic E-state index is 13.5. The summed E-state index contributed by atoms with van der Waals surface area (Å²) in [4.78, 5) is 39.0. The predicted octanol–water partition coefficient (Wildman–Crippen LogP) is 6.83. The number of hydrogen-bond donors (Lipinski definition) is 1. The molecule has 0 amide bonds. The Bertz CT molecular complexity index is 1080. The third-order valence-electron chi connectivity index (χ3n) is 9.03. The van der Waals surface area contributed by atoms with E-state index in [0.29, 0.717) is 46.1 Å². The van der Waals surface area contributed by atoms with Gasteiger partial charge in [0, 0.05) is 13.0 Å². The molecule has 11 nitrogen and oxygen atoms in total. The van der Waals surface area contributed by atoms with Crippen LogP contribution in [-0.2, 0) is 42.8 Å². The lowest BCUT2D eigenvalue weighted by atomic mass is 9.79. The summed E-state index contributed by atoms with van der Waals surface area (Å²) in [5.41, 5.74) is 1.11. The van der Waals surface area contributed by atoms with Crippen LogP contribution < -0.4 is 0 Å². The summed E-state index contributed by atoms with van der Waals surface area (Å²) in [6, 6.07) is 12.2. The molecule has 1 N–H and O–H groups in total. The van der Waals surface area contributed by atoms with Crippen LogP contribution in [-0.4, -0.2) is 89.6 Å². The van der Waals surface area contributed by atoms with E-state index in [0.717, 1.165) is 37.7 Å². The van der Waals surface area contributed by atoms with Gasteiger partial charge in [-0.1, -0.05) is 77.3 Å². The van der Waals surface area contributed by atoms with Crippen LogP contribution in [0, 0.1) is 40.9 Å². The molecule has 1 rings (SSSR count). The number of aliphatic carboxylic acids is 1. The maximum absolute atomic E-state index is 13.5. The highest BCUT2D eigenvalue weighted by atomic mass is 16.6. The zero-order valence-electron chi connectivity index (χ0n) is 31.1. The highest BCUT2D eigenvalue weighted by Gasteiger charge is 2.34. The Morgan fingerprint density at radius 1 is 0.760 bits per heavy atom. The number of carboxylic acid groups (broad SMARTS) is 1. The molecule has 0 spiro atoms. The molecule has 0 heterocycles. The lowest BCUT2D eigenvalue weighted by Gasteiger charge is -2.25. The van der Waals surface area contributed by atoms with Crippen molar-refractivity contribution in [3.05, 3.63) is 35.9 Å². The van der Waals surface area contributed by atoms with E-state index in [1.54, 1.807) is 14.0 Å². The first-order valence-corrected chi connectivity index (χ1v) is 18.4. The van der Waals surface area contributed by atoms with Gasteiger partial charge < -0.3 is 33.5 Å². The average Bonchev–Trinajstić information content (AvgIpc) is 3.12. The first kappa shape index (κ1) is 45.0. The van der Waals surface area contributed by atoms with E-state index < -0.39 is 41.6 Å². The Hall–Kier alpha value is -3.04. The summed E-state index contributed by atoms with van der Waals surface area (Å²) in [7, 11) is 1.61. The monoisotopic (exact) mass is 705 g/mol. The average molecular weight is 706 g/mol. The first-order valence-electron chi connectivity index (χ1n) is 18.4. The Balaban J connectivity index is 2.82. The number of nitriles is 1. The van der Waals surface area contributed by atoms with Crippen molar-refractivity contribution in [1.29, 1.82) is 5.26 Å². The Kier molecular flexibility index (Phi) is 25.8. The van der Waals surface area contributed by atoms with Gasteiger partial charge in [0.1, 0.15) is 6.61 Å². The molecule has 6 atom stereocenters. The second-order valence-corrected chi connectivity index (χ2v) is 13.0. The van der Waals surface area contributed by atoms with Gasteiger partial charge in [-0.3, -0.25) is 14.4 Å². The molecule has 0 bridgehead atoms. The van der Waals surface area contributed by atoms with Gasteiger partial charge >= 0.3 is 17.9 Å². The van der Waals surface area contributed by atoms with Crippen LogP contribution in [0.5, 0.6) is 0 Å². The van der Waals surface area contributed by atoms with E-state index in [-0.39, 0.29) is 50.9 Å². The lowest BCUT2D eigenvalue weighted by Crippen LogP contribution is -2.30. The van der Waals surface area contributed by atoms with Crippen LogP contribution in [0.2, 0.25) is 0 Å². The number of methoxy groups -OCH3 is 1. The zero-order valence-corrected chi connectivity index (χ0v) is 31.1. The fourth-order valence-corrected chi connectivity index (χ4v) is 5.85. The molecule has 0 aliphatic rings. The molecule has 0 aliphatic carbocycles. The van der Waals surface area contributed by atoms with E-state index in [1.165, 1.54) is 0 Å². The number of rotatable bonds is 31. The zero-order chi connectivity index (χ0) is 37.0. The minimum Gasteiger partial charge on any atom is -0.481 e. The number of benzene rings is 1. The summed E-state index contributed by atoms with van der Waals surface area (Å²) in [6.45, 7) is 11.0. The first-order chi connectivity index (χ1) is 24.2. The van der Waals surface area contributed by atoms with E-state index in [1.807, 2.05) is 30.3 Å². The number of hydrogen-bond acceptors (Lipinski definition) is 10. The quantitative estimate of drug-likeness (QED) is 0.0639. The minimum absolute atomic E-state index is 0.0294. The number of esters is 2. The van der Waals surface area contributed by atoms with Gasteiger partial charge in [-0.2, -0.15) is 5.26 Å². The SMILES string of the molecule is CCCCC(CC)COC(=O)C(CC(C)C(=O)OCCOCCOCCOCCOC)CC(CC(C#N)CC(CC)c1ccccc1)C(=O)O. The van der Waals surface area contributed by atoms with Gasteiger partial charge in [-0.05, 0) is 55.9 Å². The summed E-state index contributed by atoms with van der Waals surface area (Å²) < 4.78 is 32.3. The lowest BCUT2D eigenvalue weighted by molar-refractivity contribution is -0.155. The molecule has 1 aromatic carbocycles. The molecule has 0 saturated carbocycles. The minimum atomic E-state index is -1.07. The van der Waals surface area contributed by atoms with Crippen LogP contribution in [0.3, 0.4) is 0 Å². The van der Waals surface area contributed by atoms with Gasteiger partial charge in [0.05, 0.1) is 76.7 Å². The van der Waals surface area contributed by atoms with Crippen LogP contribution in [0.1, 0.15) is 97.0 Å². The Labute approximate surface area is 300 Å². The maximum Gasteiger partial charge on any atom is 0.308 e. The summed E-state index contributed by atoms with van der Waals surface area (Å²) in [6.07, 6.45) is 5.36. The summed E-state index contributed by atoms with van der Waals surface area (Å²) in [5.74, 6) is -4.75. The Morgan fingerprint density at radius 3 is 1.92 bits per heavy atom. The van der Waals surface area contributed by atoms with Crippen molar-refractivity contribution >= 4 is 17.9 Å². The molecule has 0 aliphatic heterocycles. The van der Waals surface area contributed by atoms with E-state index >= 15 is 0 Å². The molecule has 50 heavy (non-hydrogen) atoms. The third kappa shape index (κ3) is 20.0. The van der Waals surface area contributed by atoms with Crippen molar-refractivity contribution in [2.45, 2.75) is 91.4 Å². The van der Waals surface area contributed by atoms with E-state index in [4.69, 9.17) is 28.4 Å². The van der Waals surface area contributed by atoms with Gasteiger partial charge in [-0.25, -0.2) is 0 Å². The van der Waals surface area contributed by atoms with Gasteiger partial charge in [0.15, 0.2) is 0 Å². The number of carbonyl (C=O) groups excluding carboxylic acids is 2. The third-order valence-corrected chi connectivity index (χ3v) is 9.03. The number of unbranched alkanes of at least 4 members (excludes halogenated alkanes) is 1. The van der Waals surface area contributed by atoms with Crippen molar-refractivity contribution in [3.63, 3.8) is 0 Å². The fraction of sp³-hybridized carbons (Fsp3) is 0.744. The largest absolute Gasteiger partial charge is 0.481 e. The van der Waals surface area contributed by atoms with Crippen LogP contribution in [0.25, 0.3) is 0 Å². The molecule has 1 aromatic rings. The Morgan fingerprint density at radius 2 is 1.38 bits per heavy atom. The summed E-state index contributed by atoms with van der Waals surface area (Å²) in [5, 5.41) is 20.3. The fourth-order valence-electron chi connectivity index (χ4n) is 5.85. The molecule has 0 saturated heterocycles. The van der Waals surface area contributed by atoms with Gasteiger partial charge in [0.25, 0.3) is 0 Å². The van der Waals surface area contributed by atoms with Crippen molar-refractivity contribution in [3.8, 4) is 6.07 Å². The second kappa shape index (κ2) is 28.6. The second-order valence-electron chi connectivity index (χ2n) is 13.0. The number of nitrogens with zero attached hydrogens (tertiary/aromatic N) is 1. The van der Waals surface area contributed by atoms with E-state index in [2.05, 4.69) is 26.8 Å². The highest BCUT2D eigenvalue weighted by molar-refractivity contribution is 5.77. The molecule has 0 fully saturated rings. The molecular weight excluding hydrogens is 642 g/mol. The smallest absolute Gasteiger partial charge is 0.308 e. The number of ether oxygens (including phenoxy) is 6. The van der Waals surface area contributed by atoms with Crippen LogP contribution in [0.15, 0.2) is 30.3 Å². The van der Waals surface area contributed by atoms with Gasteiger partial charge in [-0.15, -0.1) is 0 Å². The predicted molar refractivity (Wildman–Crippen MR) is 190 cm³/mol. The molecule has 11 heteroatoms. The number of carboxylic acids is 1. The highest BCUT2D eigenvalue weighted by Crippen LogP contribution is 2.33. The molecular formula is C39H63NO10. The molecule has 0 radical (unpaired) electrons. The summed E-state index contributed by atoms with van der Waals surface area (Å²) >= 11 is 0. The van der Waals surface area contributed by atoms with Crippen molar-refractivity contribution in [1.82, 2.24) is 0 Å². The standard InChI is InChI=1S/C39H63NO10/c1-6-9-13-31(7-2)29-50-39(44)36(24-30(4)38(43)49-23-22-48-21-20-47-19-18-46-17-16-45-5)27-35(37(41)42)26-32(28-40)25-33(8-3)34-14-11-10-12-15-34/h10-12,14-15,30-33,35-36H,6-9,13,16-27,29H2,1-5H3,(H,41,42).